The fourth-order valence-electron chi connectivity index (χ4n) is 3.32. The van der Waals surface area contributed by atoms with Gasteiger partial charge in [-0.1, -0.05) is 60.7 Å². The Morgan fingerprint density at radius 1 is 1.11 bits per heavy atom. The van der Waals surface area contributed by atoms with E-state index in [-0.39, 0.29) is 17.2 Å². The van der Waals surface area contributed by atoms with Crippen molar-refractivity contribution >= 4 is 35.2 Å². The number of benzene rings is 2. The number of ether oxygens (including phenoxy) is 1. The van der Waals surface area contributed by atoms with Crippen LogP contribution in [0.1, 0.15) is 23.7 Å². The molecule has 138 valence electrons. The zero-order chi connectivity index (χ0) is 18.8. The summed E-state index contributed by atoms with van der Waals surface area (Å²) in [6.07, 6.45) is -0.0916. The van der Waals surface area contributed by atoms with Crippen molar-refractivity contribution in [1.82, 2.24) is 4.90 Å². The van der Waals surface area contributed by atoms with Crippen LogP contribution in [-0.2, 0) is 14.3 Å². The lowest BCUT2D eigenvalue weighted by Gasteiger charge is -2.44. The zero-order valence-corrected chi connectivity index (χ0v) is 16.1. The second kappa shape index (κ2) is 7.79. The third-order valence-electron chi connectivity index (χ3n) is 4.72. The van der Waals surface area contributed by atoms with Crippen molar-refractivity contribution in [2.24, 2.45) is 0 Å². The molecule has 2 aliphatic rings. The minimum absolute atomic E-state index is 0.0129. The Labute approximate surface area is 167 Å². The molecule has 27 heavy (non-hydrogen) atoms. The lowest BCUT2D eigenvalue weighted by molar-refractivity contribution is -0.151. The van der Waals surface area contributed by atoms with Gasteiger partial charge in [0.15, 0.2) is 6.10 Å². The molecule has 2 aromatic carbocycles. The first kappa shape index (κ1) is 18.1. The lowest BCUT2D eigenvalue weighted by atomic mass is 10.0. The fraction of sp³-hybridized carbons (Fsp3) is 0.238. The quantitative estimate of drug-likeness (QED) is 0.431. The molecule has 1 fully saturated rings. The molecule has 1 unspecified atom stereocenters. The van der Waals surface area contributed by atoms with Crippen LogP contribution in [0.2, 0.25) is 0 Å². The first-order chi connectivity index (χ1) is 13.2. The van der Waals surface area contributed by atoms with Crippen molar-refractivity contribution in [3.05, 3.63) is 83.1 Å². The van der Waals surface area contributed by atoms with Crippen molar-refractivity contribution in [2.75, 3.05) is 11.6 Å². The van der Waals surface area contributed by atoms with Crippen molar-refractivity contribution in [1.29, 1.82) is 0 Å². The van der Waals surface area contributed by atoms with E-state index in [1.165, 1.54) is 0 Å². The summed E-state index contributed by atoms with van der Waals surface area (Å²) in [4.78, 5) is 26.8. The molecule has 6 heteroatoms. The van der Waals surface area contributed by atoms with E-state index in [2.05, 4.69) is 0 Å². The number of nitrogens with zero attached hydrogens (tertiary/aromatic N) is 1. The van der Waals surface area contributed by atoms with Crippen LogP contribution in [0.4, 0.5) is 0 Å². The Bertz CT molecular complexity index is 845. The average molecular weight is 400 g/mol. The number of halogens is 1. The largest absolute Gasteiger partial charge is 0.448 e. The molecule has 0 spiro atoms. The van der Waals surface area contributed by atoms with Crippen LogP contribution < -0.4 is 0 Å². The van der Waals surface area contributed by atoms with E-state index in [4.69, 9.17) is 16.3 Å². The number of esters is 1. The summed E-state index contributed by atoms with van der Waals surface area (Å²) in [6, 6.07) is 19.2. The summed E-state index contributed by atoms with van der Waals surface area (Å²) < 4.78 is 5.94. The normalized spacial score (nSPS) is 19.0. The van der Waals surface area contributed by atoms with Gasteiger partial charge >= 0.3 is 5.97 Å². The lowest BCUT2D eigenvalue weighted by Crippen LogP contribution is -2.54. The number of alkyl halides is 1. The first-order valence-electron chi connectivity index (χ1n) is 8.71. The monoisotopic (exact) mass is 399 g/mol. The summed E-state index contributed by atoms with van der Waals surface area (Å²) in [6.45, 7) is 0. The molecule has 4 nitrogen and oxygen atoms in total. The Kier molecular flexibility index (Phi) is 5.23. The number of rotatable bonds is 5. The van der Waals surface area contributed by atoms with Gasteiger partial charge in [0.2, 0.25) is 5.91 Å². The van der Waals surface area contributed by atoms with E-state index in [9.17, 15) is 9.59 Å². The molecule has 0 saturated carbocycles. The van der Waals surface area contributed by atoms with Crippen molar-refractivity contribution in [2.45, 2.75) is 17.9 Å². The summed E-state index contributed by atoms with van der Waals surface area (Å²) in [5, 5.41) is 0.0129. The number of β-lactam (4-membered cyclic amide) rings is 1. The van der Waals surface area contributed by atoms with Gasteiger partial charge in [-0.3, -0.25) is 9.69 Å². The van der Waals surface area contributed by atoms with Gasteiger partial charge < -0.3 is 4.74 Å². The highest BCUT2D eigenvalue weighted by Crippen LogP contribution is 2.41. The van der Waals surface area contributed by atoms with Crippen molar-refractivity contribution in [3.8, 4) is 0 Å². The number of hydrogen-bond acceptors (Lipinski definition) is 4. The summed E-state index contributed by atoms with van der Waals surface area (Å²) in [7, 11) is 0. The maximum atomic E-state index is 13.1. The van der Waals surface area contributed by atoms with Gasteiger partial charge in [0, 0.05) is 11.6 Å². The molecular weight excluding hydrogens is 382 g/mol. The van der Waals surface area contributed by atoms with Gasteiger partial charge in [-0.25, -0.2) is 4.79 Å². The molecule has 0 N–H and O–H groups in total. The maximum absolute atomic E-state index is 13.1. The molecule has 0 aliphatic carbocycles. The van der Waals surface area contributed by atoms with E-state index >= 15 is 0 Å². The Balaban J connectivity index is 1.67. The van der Waals surface area contributed by atoms with E-state index in [0.29, 0.717) is 17.9 Å². The van der Waals surface area contributed by atoms with Gasteiger partial charge in [-0.15, -0.1) is 23.4 Å². The molecule has 2 aliphatic heterocycles. The van der Waals surface area contributed by atoms with Crippen LogP contribution in [0, 0.1) is 0 Å². The number of amides is 1. The molecule has 0 radical (unpaired) electrons. The van der Waals surface area contributed by atoms with Gasteiger partial charge in [0.25, 0.3) is 0 Å². The predicted octanol–water partition coefficient (Wildman–Crippen LogP) is 4.12. The Morgan fingerprint density at radius 3 is 2.22 bits per heavy atom. The molecule has 2 aromatic rings. The van der Waals surface area contributed by atoms with E-state index in [1.54, 1.807) is 16.7 Å². The number of hydrogen-bond donors (Lipinski definition) is 0. The third-order valence-corrected chi connectivity index (χ3v) is 6.32. The molecule has 2 heterocycles. The Hall–Kier alpha value is -2.24. The molecule has 0 aromatic heterocycles. The number of thioether (sulfide) groups is 1. The molecular formula is C21H18ClNO3S. The minimum Gasteiger partial charge on any atom is -0.448 e. The molecule has 1 atom stereocenters. The SMILES string of the molecule is O=C(OC(c1ccccc1)c1ccccc1)C1=C(CCl)CSC2CC(=O)N12. The highest BCUT2D eigenvalue weighted by atomic mass is 35.5. The van der Waals surface area contributed by atoms with Crippen LogP contribution in [0.15, 0.2) is 71.9 Å². The van der Waals surface area contributed by atoms with E-state index in [1.807, 2.05) is 60.7 Å². The zero-order valence-electron chi connectivity index (χ0n) is 14.5. The molecule has 4 rings (SSSR count). The summed E-state index contributed by atoms with van der Waals surface area (Å²) in [5.74, 6) is 0.290. The van der Waals surface area contributed by atoms with Crippen molar-refractivity contribution < 1.29 is 14.3 Å². The van der Waals surface area contributed by atoms with Gasteiger partial charge in [0.05, 0.1) is 11.8 Å². The highest BCUT2D eigenvalue weighted by Gasteiger charge is 2.46. The summed E-state index contributed by atoms with van der Waals surface area (Å²) in [5.41, 5.74) is 2.82. The van der Waals surface area contributed by atoms with Crippen LogP contribution in [0.5, 0.6) is 0 Å². The average Bonchev–Trinajstić information content (AvgIpc) is 2.71. The fourth-order valence-corrected chi connectivity index (χ4v) is 4.91. The van der Waals surface area contributed by atoms with Crippen LogP contribution in [-0.4, -0.2) is 33.8 Å². The number of fused-ring (bicyclic) bond motifs is 1. The van der Waals surface area contributed by atoms with E-state index in [0.717, 1.165) is 16.7 Å². The first-order valence-corrected chi connectivity index (χ1v) is 10.3. The van der Waals surface area contributed by atoms with Gasteiger partial charge in [-0.05, 0) is 16.7 Å². The highest BCUT2D eigenvalue weighted by molar-refractivity contribution is 8.00. The topological polar surface area (TPSA) is 46.6 Å². The van der Waals surface area contributed by atoms with Crippen LogP contribution in [0.25, 0.3) is 0 Å². The van der Waals surface area contributed by atoms with Crippen LogP contribution >= 0.6 is 23.4 Å². The molecule has 1 amide bonds. The van der Waals surface area contributed by atoms with Gasteiger partial charge in [-0.2, -0.15) is 0 Å². The maximum Gasteiger partial charge on any atom is 0.356 e. The molecule has 0 bridgehead atoms. The summed E-state index contributed by atoms with van der Waals surface area (Å²) >= 11 is 7.69. The predicted molar refractivity (Wildman–Crippen MR) is 106 cm³/mol. The standard InChI is InChI=1S/C21H18ClNO3S/c22-12-16-13-27-18-11-17(24)23(18)19(16)21(25)26-20(14-7-3-1-4-8-14)15-9-5-2-6-10-15/h1-10,18,20H,11-13H2. The van der Waals surface area contributed by atoms with E-state index < -0.39 is 12.1 Å². The second-order valence-electron chi connectivity index (χ2n) is 6.43. The second-order valence-corrected chi connectivity index (χ2v) is 7.86. The van der Waals surface area contributed by atoms with Crippen molar-refractivity contribution in [3.63, 3.8) is 0 Å². The molecule has 1 saturated heterocycles. The minimum atomic E-state index is -0.548. The van der Waals surface area contributed by atoms with Gasteiger partial charge in [0.1, 0.15) is 5.70 Å². The number of carbonyl (C=O) groups excluding carboxylic acids is 2. The van der Waals surface area contributed by atoms with Crippen LogP contribution in [0.3, 0.4) is 0 Å². The smallest absolute Gasteiger partial charge is 0.356 e. The number of carbonyl (C=O) groups is 2. The third kappa shape index (κ3) is 3.49. The Morgan fingerprint density at radius 2 is 1.70 bits per heavy atom.